The normalized spacial score (nSPS) is 17.2. The average Bonchev–Trinajstić information content (AvgIpc) is 3.04. The lowest BCUT2D eigenvalue weighted by atomic mass is 9.73. The number of amides is 1. The molecule has 1 N–H and O–H groups in total. The van der Waals surface area contributed by atoms with Crippen molar-refractivity contribution in [2.45, 2.75) is 24.7 Å². The van der Waals surface area contributed by atoms with E-state index in [4.69, 9.17) is 4.74 Å². The molecule has 1 fully saturated rings. The van der Waals surface area contributed by atoms with Crippen LogP contribution in [0, 0.1) is 0 Å². The topological polar surface area (TPSA) is 70.6 Å². The molecule has 7 heteroatoms. The molecule has 2 aliphatic heterocycles. The van der Waals surface area contributed by atoms with Crippen molar-refractivity contribution in [3.8, 4) is 17.0 Å². The van der Waals surface area contributed by atoms with E-state index in [0.717, 1.165) is 72.2 Å². The molecule has 1 saturated heterocycles. The number of rotatable bonds is 6. The van der Waals surface area contributed by atoms with Crippen molar-refractivity contribution in [1.29, 1.82) is 0 Å². The predicted octanol–water partition coefficient (Wildman–Crippen LogP) is 3.22. The van der Waals surface area contributed by atoms with Crippen molar-refractivity contribution in [2.75, 3.05) is 52.3 Å². The first-order valence-corrected chi connectivity index (χ1v) is 11.7. The Kier molecular flexibility index (Phi) is 5.76. The standard InChI is InChI=1S/C26H31N5O2/c1-30(2)13-4-14-33-23-8-6-19(16-29-23)18-5-7-21-20(15-18)24-22(17-28-21)31(3)25(32)26(24)9-11-27-12-10-26/h5-8,15-17,27H,4,9-14H2,1-3H3. The number of nitrogens with one attached hydrogen (secondary N) is 1. The lowest BCUT2D eigenvalue weighted by molar-refractivity contribution is -0.123. The van der Waals surface area contributed by atoms with E-state index in [9.17, 15) is 4.79 Å². The maximum absolute atomic E-state index is 13.4. The molecule has 0 bridgehead atoms. The van der Waals surface area contributed by atoms with Crippen molar-refractivity contribution >= 4 is 22.5 Å². The van der Waals surface area contributed by atoms with E-state index in [-0.39, 0.29) is 5.91 Å². The Bertz CT molecular complexity index is 1170. The zero-order chi connectivity index (χ0) is 23.0. The Morgan fingerprint density at radius 2 is 1.88 bits per heavy atom. The van der Waals surface area contributed by atoms with Crippen LogP contribution in [0.25, 0.3) is 22.0 Å². The molecule has 0 unspecified atom stereocenters. The van der Waals surface area contributed by atoms with E-state index in [0.29, 0.717) is 12.5 Å². The number of piperidine rings is 1. The molecular formula is C26H31N5O2. The molecule has 4 heterocycles. The lowest BCUT2D eigenvalue weighted by Crippen LogP contribution is -2.46. The molecule has 1 spiro atoms. The molecule has 172 valence electrons. The summed E-state index contributed by atoms with van der Waals surface area (Å²) in [6, 6.07) is 10.3. The molecule has 2 aromatic heterocycles. The van der Waals surface area contributed by atoms with Crippen molar-refractivity contribution in [1.82, 2.24) is 20.2 Å². The third-order valence-corrected chi connectivity index (χ3v) is 6.93. The van der Waals surface area contributed by atoms with Crippen molar-refractivity contribution in [2.24, 2.45) is 0 Å². The van der Waals surface area contributed by atoms with Crippen LogP contribution in [0.1, 0.15) is 24.8 Å². The SMILES string of the molecule is CN(C)CCCOc1ccc(-c2ccc3ncc4c(c3c2)C2(CCNCC2)C(=O)N4C)cn1. The number of benzene rings is 1. The van der Waals surface area contributed by atoms with Gasteiger partial charge in [0.15, 0.2) is 0 Å². The average molecular weight is 446 g/mol. The number of pyridine rings is 2. The van der Waals surface area contributed by atoms with Gasteiger partial charge >= 0.3 is 0 Å². The highest BCUT2D eigenvalue weighted by Gasteiger charge is 2.51. The molecule has 1 amide bonds. The Balaban J connectivity index is 1.48. The number of fused-ring (bicyclic) bond motifs is 4. The van der Waals surface area contributed by atoms with Crippen molar-refractivity contribution < 1.29 is 9.53 Å². The van der Waals surface area contributed by atoms with E-state index in [2.05, 4.69) is 46.4 Å². The summed E-state index contributed by atoms with van der Waals surface area (Å²) in [5.41, 5.74) is 4.62. The summed E-state index contributed by atoms with van der Waals surface area (Å²) in [4.78, 5) is 26.5. The number of hydrogen-bond acceptors (Lipinski definition) is 6. The molecule has 0 radical (unpaired) electrons. The van der Waals surface area contributed by atoms with Crippen LogP contribution in [0.3, 0.4) is 0 Å². The fourth-order valence-corrected chi connectivity index (χ4v) is 5.17. The smallest absolute Gasteiger partial charge is 0.237 e. The van der Waals surface area contributed by atoms with E-state index in [1.165, 1.54) is 0 Å². The van der Waals surface area contributed by atoms with Gasteiger partial charge in [-0.25, -0.2) is 4.98 Å². The van der Waals surface area contributed by atoms with Gasteiger partial charge in [0, 0.05) is 42.4 Å². The Labute approximate surface area is 194 Å². The minimum Gasteiger partial charge on any atom is -0.478 e. The minimum atomic E-state index is -0.461. The van der Waals surface area contributed by atoms with Crippen LogP contribution in [-0.2, 0) is 10.2 Å². The lowest BCUT2D eigenvalue weighted by Gasteiger charge is -2.33. The van der Waals surface area contributed by atoms with Gasteiger partial charge < -0.3 is 19.9 Å². The van der Waals surface area contributed by atoms with E-state index in [1.54, 1.807) is 4.90 Å². The second-order valence-electron chi connectivity index (χ2n) is 9.34. The van der Waals surface area contributed by atoms with E-state index in [1.807, 2.05) is 37.6 Å². The number of aromatic nitrogens is 2. The molecule has 0 saturated carbocycles. The van der Waals surface area contributed by atoms with Crippen molar-refractivity contribution in [3.63, 3.8) is 0 Å². The number of anilines is 1. The van der Waals surface area contributed by atoms with Gasteiger partial charge in [-0.2, -0.15) is 0 Å². The van der Waals surface area contributed by atoms with Gasteiger partial charge in [0.1, 0.15) is 0 Å². The van der Waals surface area contributed by atoms with E-state index >= 15 is 0 Å². The van der Waals surface area contributed by atoms with Crippen LogP contribution in [0.4, 0.5) is 5.69 Å². The second kappa shape index (κ2) is 8.72. The zero-order valence-corrected chi connectivity index (χ0v) is 19.6. The number of hydrogen-bond donors (Lipinski definition) is 1. The molecule has 0 atom stereocenters. The van der Waals surface area contributed by atoms with Gasteiger partial charge in [-0.05, 0) is 70.2 Å². The summed E-state index contributed by atoms with van der Waals surface area (Å²) >= 11 is 0. The Hall–Kier alpha value is -3.03. The van der Waals surface area contributed by atoms with Crippen LogP contribution in [0.2, 0.25) is 0 Å². The summed E-state index contributed by atoms with van der Waals surface area (Å²) < 4.78 is 5.78. The fraction of sp³-hybridized carbons (Fsp3) is 0.423. The van der Waals surface area contributed by atoms with Gasteiger partial charge in [0.05, 0.1) is 29.4 Å². The summed E-state index contributed by atoms with van der Waals surface area (Å²) in [5.74, 6) is 0.831. The van der Waals surface area contributed by atoms with Crippen LogP contribution < -0.4 is 15.0 Å². The summed E-state index contributed by atoms with van der Waals surface area (Å²) in [5, 5.41) is 4.47. The third kappa shape index (κ3) is 3.85. The van der Waals surface area contributed by atoms with Gasteiger partial charge in [0.25, 0.3) is 0 Å². The molecule has 3 aromatic rings. The number of likely N-dealkylation sites (N-methyl/N-ethyl adjacent to an activating group) is 1. The highest BCUT2D eigenvalue weighted by atomic mass is 16.5. The first-order chi connectivity index (χ1) is 16.0. The van der Waals surface area contributed by atoms with E-state index < -0.39 is 5.41 Å². The van der Waals surface area contributed by atoms with Gasteiger partial charge in [-0.15, -0.1) is 0 Å². The summed E-state index contributed by atoms with van der Waals surface area (Å²) in [6.07, 6.45) is 6.30. The first kappa shape index (κ1) is 21.8. The predicted molar refractivity (Wildman–Crippen MR) is 131 cm³/mol. The Morgan fingerprint density at radius 3 is 2.61 bits per heavy atom. The van der Waals surface area contributed by atoms with Crippen LogP contribution in [0.15, 0.2) is 42.7 Å². The van der Waals surface area contributed by atoms with Crippen LogP contribution in [-0.4, -0.2) is 68.2 Å². The summed E-state index contributed by atoms with van der Waals surface area (Å²) in [6.45, 7) is 3.34. The number of carbonyl (C=O) groups excluding carboxylic acids is 1. The Morgan fingerprint density at radius 1 is 1.09 bits per heavy atom. The van der Waals surface area contributed by atoms with Gasteiger partial charge in [-0.3, -0.25) is 9.78 Å². The first-order valence-electron chi connectivity index (χ1n) is 11.7. The second-order valence-corrected chi connectivity index (χ2v) is 9.34. The summed E-state index contributed by atoms with van der Waals surface area (Å²) in [7, 11) is 5.99. The minimum absolute atomic E-state index is 0.191. The largest absolute Gasteiger partial charge is 0.478 e. The van der Waals surface area contributed by atoms with Crippen LogP contribution >= 0.6 is 0 Å². The van der Waals surface area contributed by atoms with Crippen LogP contribution in [0.5, 0.6) is 5.88 Å². The number of carbonyl (C=O) groups is 1. The van der Waals surface area contributed by atoms with Crippen molar-refractivity contribution in [3.05, 3.63) is 48.3 Å². The zero-order valence-electron chi connectivity index (χ0n) is 19.6. The number of ether oxygens (including phenoxy) is 1. The maximum atomic E-state index is 13.4. The van der Waals surface area contributed by atoms with Gasteiger partial charge in [0.2, 0.25) is 11.8 Å². The highest BCUT2D eigenvalue weighted by molar-refractivity contribution is 6.12. The fourth-order valence-electron chi connectivity index (χ4n) is 5.17. The molecule has 33 heavy (non-hydrogen) atoms. The quantitative estimate of drug-likeness (QED) is 0.588. The third-order valence-electron chi connectivity index (χ3n) is 6.93. The highest BCUT2D eigenvalue weighted by Crippen LogP contribution is 2.49. The number of nitrogens with zero attached hydrogens (tertiary/aromatic N) is 4. The molecule has 2 aliphatic rings. The maximum Gasteiger partial charge on any atom is 0.237 e. The molecule has 7 nitrogen and oxygen atoms in total. The van der Waals surface area contributed by atoms with Gasteiger partial charge in [-0.1, -0.05) is 6.07 Å². The molecule has 0 aliphatic carbocycles. The molecule has 5 rings (SSSR count). The molecular weight excluding hydrogens is 414 g/mol. The molecule has 1 aromatic carbocycles. The monoisotopic (exact) mass is 445 g/mol.